The van der Waals surface area contributed by atoms with Gasteiger partial charge in [0.2, 0.25) is 0 Å². The molecule has 0 aliphatic carbocycles. The molecule has 9 heteroatoms. The van der Waals surface area contributed by atoms with Crippen molar-refractivity contribution in [2.75, 3.05) is 6.61 Å². The molecule has 1 atom stereocenters. The summed E-state index contributed by atoms with van der Waals surface area (Å²) in [4.78, 5) is 30.2. The third kappa shape index (κ3) is 3.56. The summed E-state index contributed by atoms with van der Waals surface area (Å²) in [5, 5.41) is 10.4. The second kappa shape index (κ2) is 7.96. The van der Waals surface area contributed by atoms with Gasteiger partial charge in [-0.1, -0.05) is 35.6 Å². The molecular formula is C20H19N5O3S. The van der Waals surface area contributed by atoms with Gasteiger partial charge in [-0.2, -0.15) is 4.99 Å². The van der Waals surface area contributed by atoms with Gasteiger partial charge in [0.15, 0.2) is 4.80 Å². The molecule has 2 aromatic carbocycles. The smallest absolute Gasteiger partial charge is 0.329 e. The predicted octanol–water partition coefficient (Wildman–Crippen LogP) is 3.23. The van der Waals surface area contributed by atoms with Gasteiger partial charge in [0.05, 0.1) is 22.3 Å². The van der Waals surface area contributed by atoms with E-state index < -0.39 is 11.9 Å². The maximum atomic E-state index is 12.9. The van der Waals surface area contributed by atoms with Crippen LogP contribution in [0.15, 0.2) is 47.5 Å². The van der Waals surface area contributed by atoms with E-state index in [9.17, 15) is 9.59 Å². The molecular weight excluding hydrogens is 390 g/mol. The minimum absolute atomic E-state index is 0.293. The number of aromatic amines is 1. The Hall–Kier alpha value is -3.33. The number of carbonyl (C=O) groups excluding carboxylic acids is 2. The number of nitrogens with one attached hydrogen (secondary N) is 1. The molecule has 4 rings (SSSR count). The van der Waals surface area contributed by atoms with E-state index in [0.29, 0.717) is 34.4 Å². The molecule has 1 N–H and O–H groups in total. The van der Waals surface area contributed by atoms with Crippen molar-refractivity contribution in [3.8, 4) is 0 Å². The standard InChI is InChI=1S/C20H19N5O3S/c1-3-15(19(27)28-4-2)25-16-7-5-6-8-17(16)29-20(25)21-18(26)12-9-10-13-14(11-12)23-24-22-13/h5-11,15H,3-4H2,1-2H3,(H,22,23,24). The number of rotatable bonds is 5. The molecule has 1 amide bonds. The van der Waals surface area contributed by atoms with E-state index in [2.05, 4.69) is 20.4 Å². The molecule has 1 unspecified atom stereocenters. The van der Waals surface area contributed by atoms with Crippen LogP contribution in [-0.2, 0) is 9.53 Å². The fourth-order valence-electron chi connectivity index (χ4n) is 3.19. The van der Waals surface area contributed by atoms with Crippen LogP contribution in [0.2, 0.25) is 0 Å². The van der Waals surface area contributed by atoms with Gasteiger partial charge >= 0.3 is 5.97 Å². The van der Waals surface area contributed by atoms with Crippen LogP contribution in [0.1, 0.15) is 36.7 Å². The fraction of sp³-hybridized carbons (Fsp3) is 0.250. The Morgan fingerprint density at radius 2 is 2.07 bits per heavy atom. The monoisotopic (exact) mass is 409 g/mol. The van der Waals surface area contributed by atoms with Crippen LogP contribution in [0.4, 0.5) is 0 Å². The van der Waals surface area contributed by atoms with Crippen LogP contribution in [0.5, 0.6) is 0 Å². The number of para-hydroxylation sites is 1. The van der Waals surface area contributed by atoms with E-state index in [1.165, 1.54) is 11.3 Å². The van der Waals surface area contributed by atoms with E-state index in [1.54, 1.807) is 29.7 Å². The highest BCUT2D eigenvalue weighted by Gasteiger charge is 2.24. The summed E-state index contributed by atoms with van der Waals surface area (Å²) in [5.74, 6) is -0.738. The number of thiazole rings is 1. The quantitative estimate of drug-likeness (QED) is 0.510. The number of hydrogen-bond acceptors (Lipinski definition) is 6. The van der Waals surface area contributed by atoms with Crippen LogP contribution >= 0.6 is 11.3 Å². The van der Waals surface area contributed by atoms with Crippen molar-refractivity contribution in [3.63, 3.8) is 0 Å². The maximum Gasteiger partial charge on any atom is 0.329 e. The van der Waals surface area contributed by atoms with E-state index >= 15 is 0 Å². The third-order valence-electron chi connectivity index (χ3n) is 4.56. The zero-order valence-corrected chi connectivity index (χ0v) is 16.8. The highest BCUT2D eigenvalue weighted by atomic mass is 32.1. The highest BCUT2D eigenvalue weighted by Crippen LogP contribution is 2.23. The van der Waals surface area contributed by atoms with Gasteiger partial charge in [-0.05, 0) is 43.7 Å². The first kappa shape index (κ1) is 19.0. The number of esters is 1. The van der Waals surface area contributed by atoms with Gasteiger partial charge in [0.25, 0.3) is 5.91 Å². The first-order valence-corrected chi connectivity index (χ1v) is 10.1. The lowest BCUT2D eigenvalue weighted by Gasteiger charge is -2.16. The number of amides is 1. The maximum absolute atomic E-state index is 12.9. The van der Waals surface area contributed by atoms with Crippen LogP contribution in [0, 0.1) is 0 Å². The Balaban J connectivity index is 1.85. The van der Waals surface area contributed by atoms with Gasteiger partial charge < -0.3 is 9.30 Å². The molecule has 0 spiro atoms. The summed E-state index contributed by atoms with van der Waals surface area (Å²) in [6.07, 6.45) is 0.521. The second-order valence-electron chi connectivity index (χ2n) is 6.36. The number of nitrogens with zero attached hydrogens (tertiary/aromatic N) is 4. The summed E-state index contributed by atoms with van der Waals surface area (Å²) in [5.41, 5.74) is 2.59. The normalized spacial score (nSPS) is 13.1. The molecule has 29 heavy (non-hydrogen) atoms. The first-order chi connectivity index (χ1) is 14.1. The molecule has 0 saturated carbocycles. The van der Waals surface area contributed by atoms with Gasteiger partial charge in [0.1, 0.15) is 11.6 Å². The Morgan fingerprint density at radius 3 is 2.86 bits per heavy atom. The van der Waals surface area contributed by atoms with E-state index in [1.807, 2.05) is 31.2 Å². The van der Waals surface area contributed by atoms with Gasteiger partial charge in [-0.3, -0.25) is 9.89 Å². The number of hydrogen-bond donors (Lipinski definition) is 1. The van der Waals surface area contributed by atoms with Crippen LogP contribution < -0.4 is 4.80 Å². The lowest BCUT2D eigenvalue weighted by atomic mass is 10.2. The van der Waals surface area contributed by atoms with E-state index in [-0.39, 0.29) is 5.97 Å². The Kier molecular flexibility index (Phi) is 5.22. The van der Waals surface area contributed by atoms with Crippen LogP contribution in [0.3, 0.4) is 0 Å². The molecule has 4 aromatic rings. The molecule has 0 aliphatic rings. The molecule has 2 heterocycles. The van der Waals surface area contributed by atoms with Gasteiger partial charge in [0, 0.05) is 5.56 Å². The molecule has 0 saturated heterocycles. The summed E-state index contributed by atoms with van der Waals surface area (Å²) < 4.78 is 7.99. The lowest BCUT2D eigenvalue weighted by Crippen LogP contribution is -2.29. The summed E-state index contributed by atoms with van der Waals surface area (Å²) in [6, 6.07) is 12.2. The average Bonchev–Trinajstić information content (AvgIpc) is 3.33. The summed E-state index contributed by atoms with van der Waals surface area (Å²) in [6.45, 7) is 3.98. The van der Waals surface area contributed by atoms with Crippen LogP contribution in [0.25, 0.3) is 21.3 Å². The van der Waals surface area contributed by atoms with Crippen molar-refractivity contribution in [1.29, 1.82) is 0 Å². The first-order valence-electron chi connectivity index (χ1n) is 9.29. The molecule has 2 aromatic heterocycles. The number of benzene rings is 2. The Morgan fingerprint density at radius 1 is 1.24 bits per heavy atom. The summed E-state index contributed by atoms with van der Waals surface area (Å²) in [7, 11) is 0. The number of H-pyrrole nitrogens is 1. The molecule has 0 fully saturated rings. The number of aromatic nitrogens is 4. The number of fused-ring (bicyclic) bond motifs is 2. The van der Waals surface area contributed by atoms with Crippen molar-refractivity contribution in [2.45, 2.75) is 26.3 Å². The zero-order valence-electron chi connectivity index (χ0n) is 16.0. The van der Waals surface area contributed by atoms with Crippen LogP contribution in [-0.4, -0.2) is 38.5 Å². The van der Waals surface area contributed by atoms with Crippen molar-refractivity contribution < 1.29 is 14.3 Å². The largest absolute Gasteiger partial charge is 0.464 e. The molecule has 8 nitrogen and oxygen atoms in total. The topological polar surface area (TPSA) is 102 Å². The molecule has 0 bridgehead atoms. The second-order valence-corrected chi connectivity index (χ2v) is 7.37. The molecule has 0 radical (unpaired) electrons. The average molecular weight is 409 g/mol. The van der Waals surface area contributed by atoms with Crippen molar-refractivity contribution in [2.24, 2.45) is 4.99 Å². The van der Waals surface area contributed by atoms with Gasteiger partial charge in [-0.15, -0.1) is 5.10 Å². The summed E-state index contributed by atoms with van der Waals surface area (Å²) >= 11 is 1.37. The fourth-order valence-corrected chi connectivity index (χ4v) is 4.26. The lowest BCUT2D eigenvalue weighted by molar-refractivity contribution is -0.147. The van der Waals surface area contributed by atoms with Crippen molar-refractivity contribution >= 4 is 44.5 Å². The molecule has 0 aliphatic heterocycles. The molecule has 148 valence electrons. The minimum Gasteiger partial charge on any atom is -0.464 e. The third-order valence-corrected chi connectivity index (χ3v) is 5.59. The van der Waals surface area contributed by atoms with E-state index in [0.717, 1.165) is 10.2 Å². The van der Waals surface area contributed by atoms with E-state index in [4.69, 9.17) is 4.74 Å². The predicted molar refractivity (Wildman–Crippen MR) is 110 cm³/mol. The highest BCUT2D eigenvalue weighted by molar-refractivity contribution is 7.16. The zero-order chi connectivity index (χ0) is 20.4. The van der Waals surface area contributed by atoms with Gasteiger partial charge in [-0.25, -0.2) is 4.79 Å². The van der Waals surface area contributed by atoms with Crippen molar-refractivity contribution in [3.05, 3.63) is 52.8 Å². The minimum atomic E-state index is -0.558. The SMILES string of the molecule is CCOC(=O)C(CC)n1c(=NC(=O)c2ccc3nn[nH]c3c2)sc2ccccc21. The number of ether oxygens (including phenoxy) is 1. The Labute approximate surface area is 169 Å². The Bertz CT molecular complexity index is 1270. The number of carbonyl (C=O) groups is 2. The van der Waals surface area contributed by atoms with Crippen molar-refractivity contribution in [1.82, 2.24) is 20.0 Å².